The highest BCUT2D eigenvalue weighted by Crippen LogP contribution is 2.35. The monoisotopic (exact) mass is 529 g/mol. The number of nitrogens with one attached hydrogen (secondary N) is 1. The average Bonchev–Trinajstić information content (AvgIpc) is 3.07. The molecule has 36 heavy (non-hydrogen) atoms. The molecule has 1 N–H and O–H groups in total. The number of rotatable bonds is 3. The molecule has 2 aliphatic heterocycles. The minimum atomic E-state index is -0.615. The van der Waals surface area contributed by atoms with Crippen molar-refractivity contribution < 1.29 is 14.3 Å². The number of hydrogen-bond donors (Lipinski definition) is 1. The van der Waals surface area contributed by atoms with Crippen molar-refractivity contribution >= 4 is 46.8 Å². The number of ether oxygens (including phenoxy) is 2. The molecule has 5 rings (SSSR count). The van der Waals surface area contributed by atoms with Crippen molar-refractivity contribution in [1.29, 1.82) is 0 Å². The lowest BCUT2D eigenvalue weighted by molar-refractivity contribution is 0.0584. The maximum Gasteiger partial charge on any atom is 0.415 e. The molecule has 1 fully saturated rings. The zero-order chi connectivity index (χ0) is 25.4. The van der Waals surface area contributed by atoms with E-state index in [0.717, 1.165) is 53.3 Å². The fraction of sp³-hybridized carbons (Fsp3) is 0.462. The van der Waals surface area contributed by atoms with Gasteiger partial charge in [-0.05, 0) is 58.6 Å². The average molecular weight is 530 g/mol. The van der Waals surface area contributed by atoms with Crippen molar-refractivity contribution in [2.75, 3.05) is 11.4 Å². The second-order valence-corrected chi connectivity index (χ2v) is 11.2. The normalized spacial score (nSPS) is 21.6. The SMILES string of the molecule is CC(C)(C)OC(=O)N1CC=C(Cl)C=c2[nH]c3c(c21)CN=NC=3C1CCC(Oc2cncc(Cl)c2)CC1. The van der Waals surface area contributed by atoms with Gasteiger partial charge in [-0.2, -0.15) is 10.2 Å². The first-order valence-electron chi connectivity index (χ1n) is 12.2. The summed E-state index contributed by atoms with van der Waals surface area (Å²) in [5.41, 5.74) is 2.01. The van der Waals surface area contributed by atoms with Gasteiger partial charge in [-0.25, -0.2) is 4.79 Å². The summed E-state index contributed by atoms with van der Waals surface area (Å²) in [4.78, 5) is 22.4. The van der Waals surface area contributed by atoms with E-state index in [1.54, 1.807) is 29.4 Å². The summed E-state index contributed by atoms with van der Waals surface area (Å²) in [6.45, 7) is 6.26. The molecule has 1 aliphatic carbocycles. The third-order valence-electron chi connectivity index (χ3n) is 6.44. The molecule has 2 aromatic rings. The number of carbonyl (C=O) groups is 1. The number of aromatic amines is 1. The number of carbonyl (C=O) groups excluding carboxylic acids is 1. The first-order chi connectivity index (χ1) is 17.2. The van der Waals surface area contributed by atoms with E-state index >= 15 is 0 Å². The van der Waals surface area contributed by atoms with Gasteiger partial charge in [0, 0.05) is 35.3 Å². The number of pyridine rings is 1. The van der Waals surface area contributed by atoms with E-state index in [1.807, 2.05) is 26.8 Å². The van der Waals surface area contributed by atoms with Crippen LogP contribution in [0.15, 0.2) is 39.8 Å². The molecule has 0 radical (unpaired) electrons. The van der Waals surface area contributed by atoms with Gasteiger partial charge >= 0.3 is 6.09 Å². The van der Waals surface area contributed by atoms with Gasteiger partial charge < -0.3 is 14.5 Å². The highest BCUT2D eigenvalue weighted by Gasteiger charge is 2.32. The molecule has 10 heteroatoms. The van der Waals surface area contributed by atoms with Gasteiger partial charge in [-0.1, -0.05) is 23.2 Å². The van der Waals surface area contributed by atoms with E-state index in [2.05, 4.69) is 20.2 Å². The number of allylic oxidation sites excluding steroid dienone is 1. The summed E-state index contributed by atoms with van der Waals surface area (Å²) < 4.78 is 11.8. The molecule has 0 atom stereocenters. The van der Waals surface area contributed by atoms with Crippen molar-refractivity contribution in [2.24, 2.45) is 16.1 Å². The van der Waals surface area contributed by atoms with Gasteiger partial charge in [-0.15, -0.1) is 0 Å². The third kappa shape index (κ3) is 5.30. The van der Waals surface area contributed by atoms with Crippen molar-refractivity contribution in [3.05, 3.63) is 50.9 Å². The lowest BCUT2D eigenvalue weighted by Crippen LogP contribution is -2.39. The summed E-state index contributed by atoms with van der Waals surface area (Å²) in [6.07, 6.45) is 10.2. The zero-order valence-corrected chi connectivity index (χ0v) is 22.1. The summed E-state index contributed by atoms with van der Waals surface area (Å²) in [5.74, 6) is 0.919. The molecule has 2 aromatic heterocycles. The van der Waals surface area contributed by atoms with Gasteiger partial charge in [0.05, 0.1) is 46.0 Å². The summed E-state index contributed by atoms with van der Waals surface area (Å²) in [5, 5.41) is 11.8. The number of halogens is 2. The Morgan fingerprint density at radius 1 is 1.17 bits per heavy atom. The van der Waals surface area contributed by atoms with Crippen LogP contribution in [-0.2, 0) is 11.3 Å². The number of azo groups is 1. The van der Waals surface area contributed by atoms with Crippen LogP contribution in [0.25, 0.3) is 11.8 Å². The number of fused-ring (bicyclic) bond motifs is 3. The van der Waals surface area contributed by atoms with Crippen LogP contribution < -0.4 is 20.3 Å². The van der Waals surface area contributed by atoms with E-state index in [9.17, 15) is 4.79 Å². The Morgan fingerprint density at radius 3 is 2.67 bits per heavy atom. The Kier molecular flexibility index (Phi) is 6.83. The maximum absolute atomic E-state index is 13.1. The summed E-state index contributed by atoms with van der Waals surface area (Å²) in [7, 11) is 0. The fourth-order valence-corrected chi connectivity index (χ4v) is 5.25. The molecule has 1 saturated carbocycles. The molecule has 1 amide bonds. The molecule has 190 valence electrons. The van der Waals surface area contributed by atoms with Crippen LogP contribution in [0.3, 0.4) is 0 Å². The summed E-state index contributed by atoms with van der Waals surface area (Å²) >= 11 is 12.5. The second kappa shape index (κ2) is 9.90. The number of hydrogen-bond acceptors (Lipinski definition) is 6. The molecule has 4 heterocycles. The molecule has 0 aromatic carbocycles. The fourth-order valence-electron chi connectivity index (χ4n) is 4.91. The van der Waals surface area contributed by atoms with E-state index in [4.69, 9.17) is 32.7 Å². The highest BCUT2D eigenvalue weighted by molar-refractivity contribution is 6.34. The van der Waals surface area contributed by atoms with Gasteiger partial charge in [0.2, 0.25) is 0 Å². The first-order valence-corrected chi connectivity index (χ1v) is 12.9. The van der Waals surface area contributed by atoms with Crippen molar-refractivity contribution in [3.63, 3.8) is 0 Å². The molecule has 0 saturated heterocycles. The quantitative estimate of drug-likeness (QED) is 0.573. The lowest BCUT2D eigenvalue weighted by Gasteiger charge is -2.29. The standard InChI is InChI=1S/C26H29Cl2N5O3/c1-26(2,3)36-25(34)33-9-8-16(27)11-21-24(33)20-14-30-32-22(23(20)31-21)15-4-6-18(7-5-15)35-19-10-17(28)12-29-13-19/h8,10-13,15,18,31H,4-7,9,14H2,1-3H3. The topological polar surface area (TPSA) is 92.2 Å². The van der Waals surface area contributed by atoms with Gasteiger partial charge in [0.15, 0.2) is 0 Å². The predicted molar refractivity (Wildman–Crippen MR) is 140 cm³/mol. The Bertz CT molecular complexity index is 1350. The largest absolute Gasteiger partial charge is 0.489 e. The van der Waals surface area contributed by atoms with Gasteiger partial charge in [0.25, 0.3) is 0 Å². The van der Waals surface area contributed by atoms with Crippen LogP contribution in [-0.4, -0.2) is 34.3 Å². The zero-order valence-electron chi connectivity index (χ0n) is 20.6. The van der Waals surface area contributed by atoms with Crippen molar-refractivity contribution in [1.82, 2.24) is 9.97 Å². The Labute approximate surface area is 219 Å². The van der Waals surface area contributed by atoms with E-state index in [1.165, 1.54) is 0 Å². The van der Waals surface area contributed by atoms with Crippen LogP contribution >= 0.6 is 23.2 Å². The van der Waals surface area contributed by atoms with Crippen LogP contribution in [0, 0.1) is 5.92 Å². The molecule has 0 bridgehead atoms. The number of aromatic nitrogens is 2. The van der Waals surface area contributed by atoms with E-state index in [0.29, 0.717) is 28.9 Å². The minimum Gasteiger partial charge on any atom is -0.489 e. The molecule has 3 aliphatic rings. The Hall–Kier alpha value is -2.84. The second-order valence-electron chi connectivity index (χ2n) is 10.3. The van der Waals surface area contributed by atoms with E-state index < -0.39 is 11.7 Å². The molecule has 8 nitrogen and oxygen atoms in total. The molecule has 0 spiro atoms. The minimum absolute atomic E-state index is 0.0995. The van der Waals surface area contributed by atoms with Crippen LogP contribution in [0.1, 0.15) is 52.0 Å². The van der Waals surface area contributed by atoms with Gasteiger partial charge in [-0.3, -0.25) is 9.88 Å². The number of anilines is 1. The van der Waals surface area contributed by atoms with Crippen LogP contribution in [0.4, 0.5) is 10.5 Å². The van der Waals surface area contributed by atoms with Gasteiger partial charge in [0.1, 0.15) is 11.4 Å². The third-order valence-corrected chi connectivity index (χ3v) is 6.91. The first kappa shape index (κ1) is 24.8. The Morgan fingerprint density at radius 2 is 1.94 bits per heavy atom. The van der Waals surface area contributed by atoms with Crippen molar-refractivity contribution in [3.8, 4) is 5.75 Å². The van der Waals surface area contributed by atoms with E-state index in [-0.39, 0.29) is 12.0 Å². The van der Waals surface area contributed by atoms with Crippen LogP contribution in [0.2, 0.25) is 5.02 Å². The predicted octanol–water partition coefficient (Wildman–Crippen LogP) is 5.43. The lowest BCUT2D eigenvalue weighted by atomic mass is 9.84. The van der Waals surface area contributed by atoms with Crippen LogP contribution in [0.5, 0.6) is 5.75 Å². The molecular formula is C26H29Cl2N5O3. The molecule has 0 unspecified atom stereocenters. The molecular weight excluding hydrogens is 501 g/mol. The number of nitrogens with zero attached hydrogens (tertiary/aromatic N) is 4. The number of amides is 1. The Balaban J connectivity index is 1.43. The maximum atomic E-state index is 13.1. The van der Waals surface area contributed by atoms with Crippen molar-refractivity contribution in [2.45, 2.75) is 64.7 Å². The smallest absolute Gasteiger partial charge is 0.415 e. The number of H-pyrrole nitrogens is 1. The summed E-state index contributed by atoms with van der Waals surface area (Å²) in [6, 6.07) is 1.79. The highest BCUT2D eigenvalue weighted by atomic mass is 35.5.